The molecule has 7 heteroatoms. The molecule has 136 valence electrons. The molecule has 0 aliphatic rings. The minimum atomic E-state index is -3.60. The molecule has 1 aromatic carbocycles. The van der Waals surface area contributed by atoms with Gasteiger partial charge in [0.05, 0.1) is 6.54 Å². The number of nitrogens with one attached hydrogen (secondary N) is 2. The van der Waals surface area contributed by atoms with Gasteiger partial charge in [0.25, 0.3) is 10.0 Å². The summed E-state index contributed by atoms with van der Waals surface area (Å²) in [5.74, 6) is 0.295. The van der Waals surface area contributed by atoms with E-state index in [1.165, 1.54) is 12.5 Å². The topological polar surface area (TPSA) is 75.3 Å². The molecule has 2 aromatic rings. The molecule has 0 aliphatic carbocycles. The van der Waals surface area contributed by atoms with Crippen LogP contribution in [0, 0.1) is 0 Å². The third kappa shape index (κ3) is 5.39. The minimum absolute atomic E-state index is 0.144. The lowest BCUT2D eigenvalue weighted by Crippen LogP contribution is -2.26. The van der Waals surface area contributed by atoms with Gasteiger partial charge in [-0.1, -0.05) is 38.1 Å². The van der Waals surface area contributed by atoms with Crippen molar-refractivity contribution in [3.63, 3.8) is 0 Å². The minimum Gasteiger partial charge on any atom is -0.351 e. The van der Waals surface area contributed by atoms with Crippen molar-refractivity contribution in [3.05, 3.63) is 52.4 Å². The van der Waals surface area contributed by atoms with Gasteiger partial charge in [0.2, 0.25) is 5.91 Å². The molecule has 5 nitrogen and oxygen atoms in total. The lowest BCUT2D eigenvalue weighted by Gasteiger charge is -2.15. The van der Waals surface area contributed by atoms with Crippen LogP contribution in [0.2, 0.25) is 0 Å². The van der Waals surface area contributed by atoms with Gasteiger partial charge in [-0.15, -0.1) is 11.3 Å². The van der Waals surface area contributed by atoms with Crippen molar-refractivity contribution in [3.8, 4) is 0 Å². The largest absolute Gasteiger partial charge is 0.351 e. The van der Waals surface area contributed by atoms with Crippen molar-refractivity contribution in [1.29, 1.82) is 0 Å². The summed E-state index contributed by atoms with van der Waals surface area (Å²) in [6.07, 6.45) is 0. The highest BCUT2D eigenvalue weighted by atomic mass is 32.2. The van der Waals surface area contributed by atoms with E-state index in [-0.39, 0.29) is 16.2 Å². The van der Waals surface area contributed by atoms with E-state index in [0.717, 1.165) is 21.8 Å². The molecule has 0 bridgehead atoms. The van der Waals surface area contributed by atoms with Crippen LogP contribution in [0.1, 0.15) is 55.7 Å². The molecule has 1 atom stereocenters. The number of hydrogen-bond donors (Lipinski definition) is 2. The Bertz CT molecular complexity index is 824. The maximum absolute atomic E-state index is 12.6. The summed E-state index contributed by atoms with van der Waals surface area (Å²) in [4.78, 5) is 11.7. The predicted octanol–water partition coefficient (Wildman–Crippen LogP) is 3.55. The van der Waals surface area contributed by atoms with Gasteiger partial charge in [0.1, 0.15) is 4.21 Å². The fraction of sp³-hybridized carbons (Fsp3) is 0.389. The molecule has 0 radical (unpaired) electrons. The monoisotopic (exact) mass is 380 g/mol. The summed E-state index contributed by atoms with van der Waals surface area (Å²) >= 11 is 1.16. The Morgan fingerprint density at radius 2 is 1.64 bits per heavy atom. The lowest BCUT2D eigenvalue weighted by molar-refractivity contribution is -0.119. The first kappa shape index (κ1) is 19.6. The van der Waals surface area contributed by atoms with Crippen LogP contribution in [0.25, 0.3) is 0 Å². The lowest BCUT2D eigenvalue weighted by atomic mass is 10.00. The van der Waals surface area contributed by atoms with Crippen LogP contribution in [-0.4, -0.2) is 14.3 Å². The van der Waals surface area contributed by atoms with Crippen molar-refractivity contribution in [2.75, 3.05) is 0 Å². The number of amides is 1. The fourth-order valence-electron chi connectivity index (χ4n) is 2.34. The van der Waals surface area contributed by atoms with Crippen LogP contribution < -0.4 is 10.0 Å². The van der Waals surface area contributed by atoms with Crippen LogP contribution >= 0.6 is 11.3 Å². The van der Waals surface area contributed by atoms with Crippen LogP contribution in [0.4, 0.5) is 0 Å². The van der Waals surface area contributed by atoms with Crippen molar-refractivity contribution in [2.24, 2.45) is 0 Å². The summed E-state index contributed by atoms with van der Waals surface area (Å²) < 4.78 is 28.1. The number of carbonyl (C=O) groups excluding carboxylic acids is 1. The molecule has 1 aromatic heterocycles. The molecule has 0 spiro atoms. The summed E-state index contributed by atoms with van der Waals surface area (Å²) in [6, 6.07) is 10.9. The van der Waals surface area contributed by atoms with Crippen LogP contribution in [0.5, 0.6) is 0 Å². The molecule has 0 fully saturated rings. The van der Waals surface area contributed by atoms with E-state index in [2.05, 4.69) is 23.9 Å². The van der Waals surface area contributed by atoms with Crippen molar-refractivity contribution >= 4 is 27.3 Å². The van der Waals surface area contributed by atoms with Gasteiger partial charge in [-0.2, -0.15) is 0 Å². The second-order valence-corrected chi connectivity index (χ2v) is 9.40. The van der Waals surface area contributed by atoms with E-state index in [9.17, 15) is 13.2 Å². The van der Waals surface area contributed by atoms with Crippen molar-refractivity contribution in [2.45, 2.75) is 50.4 Å². The van der Waals surface area contributed by atoms with E-state index >= 15 is 0 Å². The van der Waals surface area contributed by atoms with Gasteiger partial charge >= 0.3 is 0 Å². The number of hydrogen-bond acceptors (Lipinski definition) is 4. The summed E-state index contributed by atoms with van der Waals surface area (Å²) in [5, 5.41) is 2.66. The van der Waals surface area contributed by atoms with Gasteiger partial charge in [-0.3, -0.25) is 4.79 Å². The van der Waals surface area contributed by atoms with Crippen LogP contribution in [0.15, 0.2) is 40.6 Å². The molecule has 2 rings (SSSR count). The van der Waals surface area contributed by atoms with Crippen LogP contribution in [0.3, 0.4) is 0 Å². The van der Waals surface area contributed by atoms with E-state index in [1.807, 2.05) is 31.2 Å². The van der Waals surface area contributed by atoms with E-state index in [1.54, 1.807) is 12.1 Å². The number of carbonyl (C=O) groups is 1. The SMILES string of the molecule is CC(=O)NCc1ccc(S(=O)(=O)NC(C)c2ccc(C(C)C)cc2)s1. The third-order valence-electron chi connectivity index (χ3n) is 3.85. The van der Waals surface area contributed by atoms with E-state index < -0.39 is 10.0 Å². The molecule has 1 amide bonds. The van der Waals surface area contributed by atoms with Crippen molar-refractivity contribution in [1.82, 2.24) is 10.0 Å². The predicted molar refractivity (Wildman–Crippen MR) is 101 cm³/mol. The summed E-state index contributed by atoms with van der Waals surface area (Å²) in [6.45, 7) is 7.83. The number of rotatable bonds is 7. The zero-order valence-corrected chi connectivity index (χ0v) is 16.5. The molecular weight excluding hydrogens is 356 g/mol. The quantitative estimate of drug-likeness (QED) is 0.771. The second-order valence-electron chi connectivity index (χ2n) is 6.29. The maximum Gasteiger partial charge on any atom is 0.250 e. The highest BCUT2D eigenvalue weighted by molar-refractivity contribution is 7.91. The Morgan fingerprint density at radius 1 is 1.04 bits per heavy atom. The maximum atomic E-state index is 12.6. The van der Waals surface area contributed by atoms with Crippen molar-refractivity contribution < 1.29 is 13.2 Å². The molecular formula is C18H24N2O3S2. The van der Waals surface area contributed by atoms with E-state index in [0.29, 0.717) is 12.5 Å². The molecule has 0 saturated carbocycles. The Morgan fingerprint density at radius 3 is 2.20 bits per heavy atom. The first-order valence-corrected chi connectivity index (χ1v) is 10.4. The molecule has 2 N–H and O–H groups in total. The van der Waals surface area contributed by atoms with Gasteiger partial charge in [-0.25, -0.2) is 13.1 Å². The summed E-state index contributed by atoms with van der Waals surface area (Å²) in [7, 11) is -3.60. The molecule has 1 unspecified atom stereocenters. The average molecular weight is 381 g/mol. The highest BCUT2D eigenvalue weighted by Gasteiger charge is 2.20. The summed E-state index contributed by atoms with van der Waals surface area (Å²) in [5.41, 5.74) is 2.14. The molecule has 0 aliphatic heterocycles. The zero-order chi connectivity index (χ0) is 18.6. The number of sulfonamides is 1. The van der Waals surface area contributed by atoms with Gasteiger partial charge in [0, 0.05) is 17.8 Å². The molecule has 1 heterocycles. The normalized spacial score (nSPS) is 13.0. The van der Waals surface area contributed by atoms with E-state index in [4.69, 9.17) is 0 Å². The standard InChI is InChI=1S/C18H24N2O3S2/c1-12(2)15-5-7-16(8-6-15)13(3)20-25(22,23)18-10-9-17(24-18)11-19-14(4)21/h5-10,12-13,20H,11H2,1-4H3,(H,19,21). The first-order chi connectivity index (χ1) is 11.7. The van der Waals surface area contributed by atoms with Gasteiger partial charge in [0.15, 0.2) is 0 Å². The Balaban J connectivity index is 2.08. The highest BCUT2D eigenvalue weighted by Crippen LogP contribution is 2.24. The number of thiophene rings is 1. The Hall–Kier alpha value is -1.70. The molecule has 0 saturated heterocycles. The third-order valence-corrected chi connectivity index (χ3v) is 6.97. The molecule has 25 heavy (non-hydrogen) atoms. The smallest absolute Gasteiger partial charge is 0.250 e. The number of benzene rings is 1. The van der Waals surface area contributed by atoms with Gasteiger partial charge < -0.3 is 5.32 Å². The first-order valence-electron chi connectivity index (χ1n) is 8.14. The zero-order valence-electron chi connectivity index (χ0n) is 14.9. The Kier molecular flexibility index (Phi) is 6.37. The Labute approximate surface area is 153 Å². The second kappa shape index (κ2) is 8.12. The van der Waals surface area contributed by atoms with Gasteiger partial charge in [-0.05, 0) is 36.1 Å². The van der Waals surface area contributed by atoms with Crippen LogP contribution in [-0.2, 0) is 21.4 Å². The average Bonchev–Trinajstić information content (AvgIpc) is 3.02. The fourth-order valence-corrected chi connectivity index (χ4v) is 4.88.